The zero-order valence-corrected chi connectivity index (χ0v) is 14.5. The molecule has 0 saturated carbocycles. The van der Waals surface area contributed by atoms with E-state index in [1.54, 1.807) is 0 Å². The van der Waals surface area contributed by atoms with Crippen LogP contribution in [0, 0.1) is 0 Å². The summed E-state index contributed by atoms with van der Waals surface area (Å²) in [5.74, 6) is 0.679. The number of aliphatic imine (C=N–C) groups is 1. The van der Waals surface area contributed by atoms with Gasteiger partial charge in [-0.25, -0.2) is 0 Å². The Morgan fingerprint density at radius 3 is 2.30 bits per heavy atom. The van der Waals surface area contributed by atoms with Crippen molar-refractivity contribution < 1.29 is 10.2 Å². The van der Waals surface area contributed by atoms with Crippen LogP contribution in [0.2, 0.25) is 0 Å². The molecule has 0 aliphatic rings. The average molecular weight is 321 g/mol. The van der Waals surface area contributed by atoms with Crippen molar-refractivity contribution in [2.45, 2.75) is 45.1 Å². The molecule has 0 fully saturated rings. The number of aliphatic hydroxyl groups excluding tert-OH is 1. The first-order valence-corrected chi connectivity index (χ1v) is 8.48. The highest BCUT2D eigenvalue weighted by atomic mass is 16.3. The lowest BCUT2D eigenvalue weighted by atomic mass is 9.98. The monoisotopic (exact) mass is 321 g/mol. The van der Waals surface area contributed by atoms with Gasteiger partial charge >= 0.3 is 0 Å². The topological polar surface area (TPSA) is 76.9 Å². The molecule has 5 nitrogen and oxygen atoms in total. The lowest BCUT2D eigenvalue weighted by Gasteiger charge is -2.24. The molecular formula is C18H31N3O2. The second-order valence-electron chi connectivity index (χ2n) is 5.80. The Kier molecular flexibility index (Phi) is 8.66. The second-order valence-corrected chi connectivity index (χ2v) is 5.80. The summed E-state index contributed by atoms with van der Waals surface area (Å²) < 4.78 is 0. The third-order valence-electron chi connectivity index (χ3n) is 4.20. The zero-order chi connectivity index (χ0) is 17.1. The van der Waals surface area contributed by atoms with Crippen molar-refractivity contribution in [3.8, 4) is 0 Å². The van der Waals surface area contributed by atoms with Crippen LogP contribution in [0.5, 0.6) is 0 Å². The van der Waals surface area contributed by atoms with Gasteiger partial charge in [0.25, 0.3) is 0 Å². The Balaban J connectivity index is 2.68. The van der Waals surface area contributed by atoms with Crippen molar-refractivity contribution in [3.63, 3.8) is 0 Å². The number of hydrogen-bond acceptors (Lipinski definition) is 3. The van der Waals surface area contributed by atoms with Gasteiger partial charge in [0, 0.05) is 19.0 Å². The van der Waals surface area contributed by atoms with Gasteiger partial charge in [0.2, 0.25) is 0 Å². The predicted octanol–water partition coefficient (Wildman–Crippen LogP) is 1.87. The van der Waals surface area contributed by atoms with Crippen LogP contribution in [0.1, 0.15) is 45.1 Å². The van der Waals surface area contributed by atoms with Crippen LogP contribution in [0.15, 0.2) is 35.3 Å². The van der Waals surface area contributed by atoms with Gasteiger partial charge in [-0.2, -0.15) is 0 Å². The van der Waals surface area contributed by atoms with Crippen LogP contribution in [-0.4, -0.2) is 48.0 Å². The van der Waals surface area contributed by atoms with Crippen LogP contribution in [0.4, 0.5) is 0 Å². The smallest absolute Gasteiger partial charge is 0.191 e. The first-order chi connectivity index (χ1) is 11.1. The van der Waals surface area contributed by atoms with E-state index in [4.69, 9.17) is 0 Å². The van der Waals surface area contributed by atoms with E-state index in [-0.39, 0.29) is 12.5 Å². The summed E-state index contributed by atoms with van der Waals surface area (Å²) in [7, 11) is 0. The highest BCUT2D eigenvalue weighted by molar-refractivity contribution is 5.79. The number of benzene rings is 1. The molecule has 4 N–H and O–H groups in total. The molecule has 1 unspecified atom stereocenters. The van der Waals surface area contributed by atoms with E-state index in [2.05, 4.69) is 15.6 Å². The van der Waals surface area contributed by atoms with Crippen LogP contribution >= 0.6 is 0 Å². The molecule has 0 saturated heterocycles. The molecule has 23 heavy (non-hydrogen) atoms. The number of nitrogens with one attached hydrogen (secondary N) is 2. The molecule has 0 aliphatic heterocycles. The van der Waals surface area contributed by atoms with Crippen LogP contribution in [0.3, 0.4) is 0 Å². The first-order valence-electron chi connectivity index (χ1n) is 8.48. The maximum absolute atomic E-state index is 10.3. The standard InChI is InChI=1S/C18H31N3O2/c1-4-18(23,5-2)14-21-17(19-6-3)20-12-16(13-22)15-10-8-7-9-11-15/h7-11,16,22-23H,4-6,12-14H2,1-3H3,(H2,19,20,21). The Morgan fingerprint density at radius 1 is 1.13 bits per heavy atom. The van der Waals surface area contributed by atoms with Crippen molar-refractivity contribution >= 4 is 5.96 Å². The lowest BCUT2D eigenvalue weighted by molar-refractivity contribution is 0.0418. The van der Waals surface area contributed by atoms with Crippen LogP contribution in [-0.2, 0) is 0 Å². The molecule has 1 rings (SSSR count). The van der Waals surface area contributed by atoms with Gasteiger partial charge < -0.3 is 20.8 Å². The minimum absolute atomic E-state index is 0.0105. The third-order valence-corrected chi connectivity index (χ3v) is 4.20. The van der Waals surface area contributed by atoms with E-state index >= 15 is 0 Å². The largest absolute Gasteiger partial charge is 0.396 e. The second kappa shape index (κ2) is 10.2. The molecule has 1 atom stereocenters. The number of nitrogens with zero attached hydrogens (tertiary/aromatic N) is 1. The average Bonchev–Trinajstić information content (AvgIpc) is 2.60. The van der Waals surface area contributed by atoms with Gasteiger partial charge in [-0.05, 0) is 25.3 Å². The maximum atomic E-state index is 10.3. The molecule has 0 aliphatic carbocycles. The first kappa shape index (κ1) is 19.5. The Bertz CT molecular complexity index is 459. The fourth-order valence-corrected chi connectivity index (χ4v) is 2.27. The predicted molar refractivity (Wildman–Crippen MR) is 95.8 cm³/mol. The normalized spacial score (nSPS) is 13.7. The van der Waals surface area contributed by atoms with E-state index in [0.717, 1.165) is 12.1 Å². The van der Waals surface area contributed by atoms with Gasteiger partial charge in [-0.1, -0.05) is 44.2 Å². The van der Waals surface area contributed by atoms with E-state index < -0.39 is 5.60 Å². The van der Waals surface area contributed by atoms with E-state index in [9.17, 15) is 10.2 Å². The van der Waals surface area contributed by atoms with E-state index in [1.165, 1.54) is 0 Å². The summed E-state index contributed by atoms with van der Waals surface area (Å²) in [5.41, 5.74) is 0.343. The van der Waals surface area contributed by atoms with Crippen LogP contribution < -0.4 is 10.6 Å². The minimum Gasteiger partial charge on any atom is -0.396 e. The molecule has 0 amide bonds. The van der Waals surface area contributed by atoms with Gasteiger partial charge in [0.1, 0.15) is 0 Å². The van der Waals surface area contributed by atoms with E-state index in [0.29, 0.717) is 31.9 Å². The van der Waals surface area contributed by atoms with Crippen molar-refractivity contribution in [2.75, 3.05) is 26.2 Å². The molecule has 1 aromatic carbocycles. The molecule has 1 aromatic rings. The Labute approximate surface area is 139 Å². The highest BCUT2D eigenvalue weighted by Gasteiger charge is 2.21. The minimum atomic E-state index is -0.752. The van der Waals surface area contributed by atoms with Gasteiger partial charge in [0.15, 0.2) is 5.96 Å². The lowest BCUT2D eigenvalue weighted by Crippen LogP contribution is -2.41. The van der Waals surface area contributed by atoms with Gasteiger partial charge in [-0.15, -0.1) is 0 Å². The summed E-state index contributed by atoms with van der Waals surface area (Å²) in [6, 6.07) is 9.94. The molecule has 5 heteroatoms. The molecule has 130 valence electrons. The van der Waals surface area contributed by atoms with Crippen molar-refractivity contribution in [3.05, 3.63) is 35.9 Å². The Hall–Kier alpha value is -1.59. The molecule has 0 bridgehead atoms. The van der Waals surface area contributed by atoms with Crippen molar-refractivity contribution in [2.24, 2.45) is 4.99 Å². The van der Waals surface area contributed by atoms with Crippen molar-refractivity contribution in [1.82, 2.24) is 10.6 Å². The Morgan fingerprint density at radius 2 is 1.78 bits per heavy atom. The summed E-state index contributed by atoms with van der Waals surface area (Å²) in [5, 5.41) is 26.4. The van der Waals surface area contributed by atoms with Crippen molar-refractivity contribution in [1.29, 1.82) is 0 Å². The summed E-state index contributed by atoms with van der Waals surface area (Å²) in [6.07, 6.45) is 1.35. The third kappa shape index (κ3) is 6.59. The van der Waals surface area contributed by atoms with E-state index in [1.807, 2.05) is 51.1 Å². The zero-order valence-electron chi connectivity index (χ0n) is 14.5. The molecule has 0 spiro atoms. The molecule has 0 radical (unpaired) electrons. The fraction of sp³-hybridized carbons (Fsp3) is 0.611. The van der Waals surface area contributed by atoms with Crippen LogP contribution in [0.25, 0.3) is 0 Å². The SMILES string of the molecule is CCNC(=NCC(O)(CC)CC)NCC(CO)c1ccccc1. The number of aliphatic hydroxyl groups is 2. The molecule has 0 aromatic heterocycles. The highest BCUT2D eigenvalue weighted by Crippen LogP contribution is 2.15. The number of hydrogen-bond donors (Lipinski definition) is 4. The van der Waals surface area contributed by atoms with Gasteiger partial charge in [-0.3, -0.25) is 4.99 Å². The summed E-state index contributed by atoms with van der Waals surface area (Å²) in [4.78, 5) is 4.49. The summed E-state index contributed by atoms with van der Waals surface area (Å²) >= 11 is 0. The summed E-state index contributed by atoms with van der Waals surface area (Å²) in [6.45, 7) is 7.71. The van der Waals surface area contributed by atoms with Gasteiger partial charge in [0.05, 0.1) is 18.8 Å². The molecule has 0 heterocycles. The maximum Gasteiger partial charge on any atom is 0.191 e. The fourth-order valence-electron chi connectivity index (χ4n) is 2.27. The number of guanidine groups is 1. The number of rotatable bonds is 9. The molecular weight excluding hydrogens is 290 g/mol. The quantitative estimate of drug-likeness (QED) is 0.414.